The van der Waals surface area contributed by atoms with Gasteiger partial charge in [0.1, 0.15) is 0 Å². The van der Waals surface area contributed by atoms with E-state index in [9.17, 15) is 16.8 Å². The average molecular weight is 408 g/mol. The van der Waals surface area contributed by atoms with E-state index >= 15 is 0 Å². The molecule has 0 heterocycles. The summed E-state index contributed by atoms with van der Waals surface area (Å²) >= 11 is 3.07. The van der Waals surface area contributed by atoms with Crippen molar-refractivity contribution in [2.24, 2.45) is 5.73 Å². The average Bonchev–Trinajstić information content (AvgIpc) is 2.26. The lowest BCUT2D eigenvalue weighted by Crippen LogP contribution is -2.37. The molecule has 0 aliphatic carbocycles. The molecule has 0 spiro atoms. The Kier molecular flexibility index (Phi) is 7.12. The van der Waals surface area contributed by atoms with Crippen LogP contribution in [-0.2, 0) is 19.9 Å². The molecule has 1 aromatic rings. The van der Waals surface area contributed by atoms with E-state index in [-0.39, 0.29) is 33.2 Å². The molecule has 20 heavy (non-hydrogen) atoms. The summed E-state index contributed by atoms with van der Waals surface area (Å²) in [7, 11) is -7.12. The van der Waals surface area contributed by atoms with Gasteiger partial charge >= 0.3 is 0 Å². The molecule has 0 aromatic heterocycles. The van der Waals surface area contributed by atoms with Gasteiger partial charge in [-0.3, -0.25) is 0 Å². The number of nitrogens with one attached hydrogen (secondary N) is 1. The van der Waals surface area contributed by atoms with Crippen LogP contribution in [0.2, 0.25) is 0 Å². The second-order valence-electron chi connectivity index (χ2n) is 4.12. The van der Waals surface area contributed by atoms with E-state index in [1.54, 1.807) is 6.92 Å². The highest BCUT2D eigenvalue weighted by molar-refractivity contribution is 9.10. The van der Waals surface area contributed by atoms with Gasteiger partial charge < -0.3 is 5.73 Å². The summed E-state index contributed by atoms with van der Waals surface area (Å²) in [6.07, 6.45) is 1.05. The van der Waals surface area contributed by atoms with Crippen LogP contribution in [0.3, 0.4) is 0 Å². The molecule has 1 aromatic carbocycles. The molecule has 0 bridgehead atoms. The Morgan fingerprint density at radius 3 is 2.25 bits per heavy atom. The first kappa shape index (κ1) is 19.8. The van der Waals surface area contributed by atoms with Gasteiger partial charge in [0.05, 0.1) is 9.79 Å². The Hall–Kier alpha value is -0.190. The molecular formula is C10H16BrClN2O4S2. The molecule has 0 saturated carbocycles. The van der Waals surface area contributed by atoms with Crippen molar-refractivity contribution in [2.75, 3.05) is 12.8 Å². The van der Waals surface area contributed by atoms with E-state index in [1.807, 2.05) is 0 Å². The molecule has 3 N–H and O–H groups in total. The highest BCUT2D eigenvalue weighted by Crippen LogP contribution is 2.25. The maximum atomic E-state index is 12.0. The molecule has 6 nitrogen and oxygen atoms in total. The fourth-order valence-electron chi connectivity index (χ4n) is 1.31. The third-order valence-corrected chi connectivity index (χ3v) is 6.01. The first-order valence-electron chi connectivity index (χ1n) is 5.30. The zero-order chi connectivity index (χ0) is 14.8. The molecule has 0 fully saturated rings. The number of hydrogen-bond acceptors (Lipinski definition) is 5. The number of hydrogen-bond donors (Lipinski definition) is 2. The second-order valence-corrected chi connectivity index (χ2v) is 8.67. The smallest absolute Gasteiger partial charge is 0.241 e. The van der Waals surface area contributed by atoms with E-state index in [1.165, 1.54) is 18.2 Å². The van der Waals surface area contributed by atoms with Crippen LogP contribution >= 0.6 is 28.3 Å². The lowest BCUT2D eigenvalue weighted by atomic mass is 10.4. The van der Waals surface area contributed by atoms with Gasteiger partial charge in [-0.2, -0.15) is 0 Å². The van der Waals surface area contributed by atoms with Crippen molar-refractivity contribution >= 4 is 48.2 Å². The first-order chi connectivity index (χ1) is 8.58. The summed E-state index contributed by atoms with van der Waals surface area (Å²) < 4.78 is 49.4. The Balaban J connectivity index is 0.00000361. The van der Waals surface area contributed by atoms with Crippen LogP contribution in [0.25, 0.3) is 0 Å². The molecule has 0 radical (unpaired) electrons. The Morgan fingerprint density at radius 2 is 1.85 bits per heavy atom. The quantitative estimate of drug-likeness (QED) is 0.754. The number of halogens is 2. The number of sulfone groups is 1. The summed E-state index contributed by atoms with van der Waals surface area (Å²) in [5, 5.41) is 0. The lowest BCUT2D eigenvalue weighted by molar-refractivity contribution is 0.562. The van der Waals surface area contributed by atoms with E-state index in [2.05, 4.69) is 20.7 Å². The van der Waals surface area contributed by atoms with Gasteiger partial charge in [-0.05, 0) is 41.1 Å². The first-order valence-corrected chi connectivity index (χ1v) is 9.46. The van der Waals surface area contributed by atoms with Crippen LogP contribution in [-0.4, -0.2) is 35.7 Å². The van der Waals surface area contributed by atoms with Gasteiger partial charge in [0.2, 0.25) is 10.0 Å². The molecule has 0 unspecified atom stereocenters. The number of benzene rings is 1. The molecule has 0 aliphatic rings. The highest BCUT2D eigenvalue weighted by atomic mass is 79.9. The lowest BCUT2D eigenvalue weighted by Gasteiger charge is -2.13. The zero-order valence-corrected chi connectivity index (χ0v) is 14.9. The minimum absolute atomic E-state index is 0. The van der Waals surface area contributed by atoms with Gasteiger partial charge in [0.15, 0.2) is 9.84 Å². The van der Waals surface area contributed by atoms with Crippen molar-refractivity contribution in [1.29, 1.82) is 0 Å². The van der Waals surface area contributed by atoms with Crippen LogP contribution in [0.4, 0.5) is 0 Å². The van der Waals surface area contributed by atoms with Crippen LogP contribution in [0.5, 0.6) is 0 Å². The topological polar surface area (TPSA) is 106 Å². The minimum atomic E-state index is -3.74. The zero-order valence-electron chi connectivity index (χ0n) is 10.8. The Labute approximate surface area is 133 Å². The van der Waals surface area contributed by atoms with Crippen LogP contribution in [0, 0.1) is 0 Å². The molecular weight excluding hydrogens is 392 g/mol. The van der Waals surface area contributed by atoms with Crippen molar-refractivity contribution in [3.05, 3.63) is 22.7 Å². The summed E-state index contributed by atoms with van der Waals surface area (Å²) in [6.45, 7) is 1.80. The molecule has 1 atom stereocenters. The SMILES string of the molecule is C[C@H](CN)NS(=O)(=O)c1ccc(S(C)(=O)=O)cc1Br.Cl. The molecule has 1 rings (SSSR count). The number of sulfonamides is 1. The van der Waals surface area contributed by atoms with Crippen LogP contribution < -0.4 is 10.5 Å². The predicted molar refractivity (Wildman–Crippen MR) is 83.3 cm³/mol. The van der Waals surface area contributed by atoms with Crippen molar-refractivity contribution in [3.63, 3.8) is 0 Å². The largest absolute Gasteiger partial charge is 0.329 e. The molecule has 116 valence electrons. The van der Waals surface area contributed by atoms with Gasteiger partial charge in [-0.15, -0.1) is 12.4 Å². The Bertz CT molecular complexity index is 676. The van der Waals surface area contributed by atoms with Crippen molar-refractivity contribution in [1.82, 2.24) is 4.72 Å². The van der Waals surface area contributed by atoms with Crippen LogP contribution in [0.1, 0.15) is 6.92 Å². The molecule has 0 amide bonds. The predicted octanol–water partition coefficient (Wildman–Crippen LogP) is 0.900. The summed E-state index contributed by atoms with van der Waals surface area (Å²) in [4.78, 5) is 0.0189. The van der Waals surface area contributed by atoms with Gasteiger partial charge in [-0.25, -0.2) is 21.6 Å². The van der Waals surface area contributed by atoms with E-state index in [0.29, 0.717) is 0 Å². The second kappa shape index (κ2) is 7.19. The van der Waals surface area contributed by atoms with Crippen molar-refractivity contribution in [2.45, 2.75) is 22.8 Å². The molecule has 0 saturated heterocycles. The summed E-state index contributed by atoms with van der Waals surface area (Å²) in [6, 6.07) is 3.34. The fourth-order valence-corrected chi connectivity index (χ4v) is 4.44. The molecule has 0 aliphatic heterocycles. The summed E-state index contributed by atoms with van der Waals surface area (Å²) in [5.41, 5.74) is 5.36. The van der Waals surface area contributed by atoms with E-state index < -0.39 is 25.9 Å². The van der Waals surface area contributed by atoms with Crippen LogP contribution in [0.15, 0.2) is 32.5 Å². The van der Waals surface area contributed by atoms with Crippen molar-refractivity contribution in [3.8, 4) is 0 Å². The number of rotatable bonds is 5. The van der Waals surface area contributed by atoms with Gasteiger partial charge in [0.25, 0.3) is 0 Å². The molecule has 10 heteroatoms. The van der Waals surface area contributed by atoms with E-state index in [0.717, 1.165) is 6.26 Å². The van der Waals surface area contributed by atoms with Gasteiger partial charge in [-0.1, -0.05) is 0 Å². The monoisotopic (exact) mass is 406 g/mol. The van der Waals surface area contributed by atoms with E-state index in [4.69, 9.17) is 5.73 Å². The Morgan fingerprint density at radius 1 is 1.30 bits per heavy atom. The fraction of sp³-hybridized carbons (Fsp3) is 0.400. The highest BCUT2D eigenvalue weighted by Gasteiger charge is 2.21. The third-order valence-electron chi connectivity index (χ3n) is 2.33. The normalized spacial score (nSPS) is 13.6. The standard InChI is InChI=1S/C10H15BrN2O4S2.ClH/c1-7(6-12)13-19(16,17)10-4-3-8(5-9(10)11)18(2,14)15;/h3-5,7,13H,6,12H2,1-2H3;1H/t7-;/m1./s1. The minimum Gasteiger partial charge on any atom is -0.329 e. The summed E-state index contributed by atoms with van der Waals surface area (Å²) in [5.74, 6) is 0. The van der Waals surface area contributed by atoms with Gasteiger partial charge in [0, 0.05) is 23.3 Å². The maximum absolute atomic E-state index is 12.0. The van der Waals surface area contributed by atoms with Crippen molar-refractivity contribution < 1.29 is 16.8 Å². The third kappa shape index (κ3) is 4.97. The number of nitrogens with two attached hydrogens (primary N) is 1. The maximum Gasteiger partial charge on any atom is 0.241 e.